The van der Waals surface area contributed by atoms with Gasteiger partial charge in [0, 0.05) is 11.6 Å². The average molecular weight is 386 g/mol. The lowest BCUT2D eigenvalue weighted by Crippen LogP contribution is -2.17. The molecule has 0 unspecified atom stereocenters. The van der Waals surface area contributed by atoms with Crippen molar-refractivity contribution in [2.45, 2.75) is 19.9 Å². The molecule has 0 aliphatic heterocycles. The molecule has 0 atom stereocenters. The summed E-state index contributed by atoms with van der Waals surface area (Å²) in [5.41, 5.74) is 1.83. The van der Waals surface area contributed by atoms with Gasteiger partial charge in [0.15, 0.2) is 10.6 Å². The summed E-state index contributed by atoms with van der Waals surface area (Å²) in [6.45, 7) is 1.93. The van der Waals surface area contributed by atoms with E-state index in [-0.39, 0.29) is 23.3 Å². The van der Waals surface area contributed by atoms with Crippen LogP contribution in [0.3, 0.4) is 0 Å². The standard InChI is InChI=1S/C20H16F2N2O2S/c1-4-7-24-19-15(22)10-14(21)11-17(19)27-20(24)23-18(25)9-13-8-12(2)5-6-16(13)26-3/h1,5-6,8,10-11H,7,9H2,2-3H3. The van der Waals surface area contributed by atoms with E-state index in [1.807, 2.05) is 19.1 Å². The number of benzene rings is 2. The Morgan fingerprint density at radius 1 is 1.33 bits per heavy atom. The van der Waals surface area contributed by atoms with Crippen molar-refractivity contribution in [1.82, 2.24) is 4.57 Å². The number of aromatic nitrogens is 1. The Morgan fingerprint density at radius 3 is 2.81 bits per heavy atom. The summed E-state index contributed by atoms with van der Waals surface area (Å²) in [6.07, 6.45) is 5.38. The highest BCUT2D eigenvalue weighted by Gasteiger charge is 2.14. The molecule has 7 heteroatoms. The van der Waals surface area contributed by atoms with Crippen LogP contribution in [0.1, 0.15) is 11.1 Å². The molecule has 1 heterocycles. The number of carbonyl (C=O) groups excluding carboxylic acids is 1. The number of carbonyl (C=O) groups is 1. The summed E-state index contributed by atoms with van der Waals surface area (Å²) in [5.74, 6) is 1.12. The third-order valence-electron chi connectivity index (χ3n) is 3.94. The number of amides is 1. The minimum absolute atomic E-state index is 0.0163. The van der Waals surface area contributed by atoms with Gasteiger partial charge < -0.3 is 9.30 Å². The number of terminal acetylenes is 1. The van der Waals surface area contributed by atoms with Gasteiger partial charge in [-0.05, 0) is 19.1 Å². The molecule has 27 heavy (non-hydrogen) atoms. The third-order valence-corrected chi connectivity index (χ3v) is 4.97. The molecule has 0 saturated heterocycles. The van der Waals surface area contributed by atoms with Gasteiger partial charge in [-0.1, -0.05) is 35.0 Å². The SMILES string of the molecule is C#CCn1c(=NC(=O)Cc2cc(C)ccc2OC)sc2cc(F)cc(F)c21. The molecule has 3 rings (SSSR count). The topological polar surface area (TPSA) is 43.6 Å². The molecule has 0 bridgehead atoms. The van der Waals surface area contributed by atoms with Crippen molar-refractivity contribution >= 4 is 27.5 Å². The lowest BCUT2D eigenvalue weighted by Gasteiger charge is -2.07. The van der Waals surface area contributed by atoms with E-state index >= 15 is 0 Å². The van der Waals surface area contributed by atoms with Crippen LogP contribution in [0.5, 0.6) is 5.75 Å². The van der Waals surface area contributed by atoms with Crippen molar-refractivity contribution < 1.29 is 18.3 Å². The number of hydrogen-bond acceptors (Lipinski definition) is 3. The van der Waals surface area contributed by atoms with E-state index in [2.05, 4.69) is 10.9 Å². The number of fused-ring (bicyclic) bond motifs is 1. The first kappa shape index (κ1) is 18.8. The van der Waals surface area contributed by atoms with E-state index in [1.165, 1.54) is 17.7 Å². The fourth-order valence-corrected chi connectivity index (χ4v) is 3.89. The van der Waals surface area contributed by atoms with Gasteiger partial charge in [0.05, 0.1) is 30.3 Å². The molecule has 0 saturated carbocycles. The first-order chi connectivity index (χ1) is 12.9. The molecule has 1 amide bonds. The highest BCUT2D eigenvalue weighted by molar-refractivity contribution is 7.16. The summed E-state index contributed by atoms with van der Waals surface area (Å²) in [7, 11) is 1.53. The van der Waals surface area contributed by atoms with Crippen molar-refractivity contribution in [2.24, 2.45) is 4.99 Å². The summed E-state index contributed by atoms with van der Waals surface area (Å²) >= 11 is 1.01. The first-order valence-corrected chi connectivity index (χ1v) is 8.87. The molecular formula is C20H16F2N2O2S. The third kappa shape index (κ3) is 3.91. The van der Waals surface area contributed by atoms with Crippen molar-refractivity contribution in [3.63, 3.8) is 0 Å². The van der Waals surface area contributed by atoms with Crippen LogP contribution in [-0.2, 0) is 17.8 Å². The molecule has 0 N–H and O–H groups in total. The van der Waals surface area contributed by atoms with Gasteiger partial charge in [0.25, 0.3) is 5.91 Å². The van der Waals surface area contributed by atoms with Crippen LogP contribution in [0, 0.1) is 30.9 Å². The summed E-state index contributed by atoms with van der Waals surface area (Å²) in [6, 6.07) is 7.50. The Bertz CT molecular complexity index is 1140. The summed E-state index contributed by atoms with van der Waals surface area (Å²) in [4.78, 5) is 16.8. The van der Waals surface area contributed by atoms with E-state index in [0.717, 1.165) is 23.0 Å². The molecule has 0 fully saturated rings. The zero-order valence-corrected chi connectivity index (χ0v) is 15.6. The van der Waals surface area contributed by atoms with Crippen molar-refractivity contribution in [3.8, 4) is 18.1 Å². The molecule has 0 aliphatic carbocycles. The number of halogens is 2. The van der Waals surface area contributed by atoms with Crippen LogP contribution >= 0.6 is 11.3 Å². The minimum atomic E-state index is -0.745. The predicted octanol–water partition coefficient (Wildman–Crippen LogP) is 3.60. The second-order valence-electron chi connectivity index (χ2n) is 5.91. The molecular weight excluding hydrogens is 370 g/mol. The number of rotatable bonds is 4. The van der Waals surface area contributed by atoms with Gasteiger partial charge in [-0.15, -0.1) is 6.42 Å². The minimum Gasteiger partial charge on any atom is -0.496 e. The molecule has 138 valence electrons. The van der Waals surface area contributed by atoms with Crippen LogP contribution in [0.15, 0.2) is 35.3 Å². The Balaban J connectivity index is 2.06. The van der Waals surface area contributed by atoms with Crippen LogP contribution in [-0.4, -0.2) is 17.6 Å². The number of hydrogen-bond donors (Lipinski definition) is 0. The maximum atomic E-state index is 14.2. The zero-order valence-electron chi connectivity index (χ0n) is 14.8. The van der Waals surface area contributed by atoms with E-state index < -0.39 is 17.5 Å². The van der Waals surface area contributed by atoms with E-state index in [9.17, 15) is 13.6 Å². The highest BCUT2D eigenvalue weighted by atomic mass is 32.1. The second kappa shape index (κ2) is 7.72. The van der Waals surface area contributed by atoms with E-state index in [1.54, 1.807) is 6.07 Å². The van der Waals surface area contributed by atoms with E-state index in [4.69, 9.17) is 11.2 Å². The molecule has 1 aromatic heterocycles. The van der Waals surface area contributed by atoms with Crippen LogP contribution in [0.4, 0.5) is 8.78 Å². The predicted molar refractivity (Wildman–Crippen MR) is 101 cm³/mol. The number of methoxy groups -OCH3 is 1. The average Bonchev–Trinajstić information content (AvgIpc) is 2.92. The van der Waals surface area contributed by atoms with Gasteiger partial charge in [-0.2, -0.15) is 4.99 Å². The lowest BCUT2D eigenvalue weighted by atomic mass is 10.1. The van der Waals surface area contributed by atoms with Crippen molar-refractivity contribution in [3.05, 3.63) is 57.9 Å². The molecule has 0 spiro atoms. The van der Waals surface area contributed by atoms with E-state index in [0.29, 0.717) is 16.0 Å². The summed E-state index contributed by atoms with van der Waals surface area (Å²) < 4.78 is 34.7. The van der Waals surface area contributed by atoms with Crippen molar-refractivity contribution in [2.75, 3.05) is 7.11 Å². The largest absolute Gasteiger partial charge is 0.496 e. The molecule has 0 aliphatic rings. The first-order valence-electron chi connectivity index (χ1n) is 8.06. The zero-order chi connectivity index (χ0) is 19.6. The molecule has 0 radical (unpaired) electrons. The van der Waals surface area contributed by atoms with Gasteiger partial charge in [0.1, 0.15) is 11.6 Å². The smallest absolute Gasteiger partial charge is 0.252 e. The fourth-order valence-electron chi connectivity index (χ4n) is 2.81. The Kier molecular flexibility index (Phi) is 5.38. The van der Waals surface area contributed by atoms with Crippen LogP contribution in [0.25, 0.3) is 10.2 Å². The second-order valence-corrected chi connectivity index (χ2v) is 6.92. The van der Waals surface area contributed by atoms with Crippen molar-refractivity contribution in [1.29, 1.82) is 0 Å². The number of aryl methyl sites for hydroxylation is 1. The van der Waals surface area contributed by atoms with Crippen LogP contribution in [0.2, 0.25) is 0 Å². The quantitative estimate of drug-likeness (QED) is 0.643. The number of nitrogens with zero attached hydrogens (tertiary/aromatic N) is 2. The van der Waals surface area contributed by atoms with Crippen LogP contribution < -0.4 is 9.54 Å². The monoisotopic (exact) mass is 386 g/mol. The number of thiazole rings is 1. The Hall–Kier alpha value is -2.98. The lowest BCUT2D eigenvalue weighted by molar-refractivity contribution is -0.117. The Morgan fingerprint density at radius 2 is 2.11 bits per heavy atom. The summed E-state index contributed by atoms with van der Waals surface area (Å²) in [5, 5.41) is 0. The molecule has 3 aromatic rings. The number of ether oxygens (including phenoxy) is 1. The van der Waals surface area contributed by atoms with Gasteiger partial charge in [0.2, 0.25) is 0 Å². The maximum Gasteiger partial charge on any atom is 0.252 e. The maximum absolute atomic E-state index is 14.2. The fraction of sp³-hybridized carbons (Fsp3) is 0.200. The highest BCUT2D eigenvalue weighted by Crippen LogP contribution is 2.23. The van der Waals surface area contributed by atoms with Gasteiger partial charge in [-0.25, -0.2) is 8.78 Å². The van der Waals surface area contributed by atoms with Gasteiger partial charge >= 0.3 is 0 Å². The normalized spacial score (nSPS) is 11.6. The molecule has 4 nitrogen and oxygen atoms in total. The van der Waals surface area contributed by atoms with Gasteiger partial charge in [-0.3, -0.25) is 4.79 Å². The Labute approximate surface area is 158 Å². The molecule has 2 aromatic carbocycles.